The van der Waals surface area contributed by atoms with Gasteiger partial charge in [0.1, 0.15) is 36.7 Å². The highest BCUT2D eigenvalue weighted by Gasteiger charge is 2.35. The Kier molecular flexibility index (Phi) is 4.59. The summed E-state index contributed by atoms with van der Waals surface area (Å²) in [5, 5.41) is 10.7. The number of rotatable bonds is 5. The molecule has 1 aromatic carbocycles. The van der Waals surface area contributed by atoms with E-state index in [2.05, 4.69) is 30.7 Å². The largest absolute Gasteiger partial charge is 0.474 e. The zero-order valence-electron chi connectivity index (χ0n) is 16.0. The third-order valence-electron chi connectivity index (χ3n) is 5.63. The van der Waals surface area contributed by atoms with Gasteiger partial charge >= 0.3 is 0 Å². The van der Waals surface area contributed by atoms with Crippen LogP contribution in [0.15, 0.2) is 37.2 Å². The molecule has 0 saturated carbocycles. The third-order valence-corrected chi connectivity index (χ3v) is 5.63. The van der Waals surface area contributed by atoms with Gasteiger partial charge in [-0.05, 0) is 44.7 Å². The third kappa shape index (κ3) is 3.65. The summed E-state index contributed by atoms with van der Waals surface area (Å²) in [5.41, 5.74) is 1.68. The van der Waals surface area contributed by atoms with Crippen molar-refractivity contribution in [3.05, 3.63) is 48.6 Å². The lowest BCUT2D eigenvalue weighted by atomic mass is 10.0. The first-order chi connectivity index (χ1) is 14.2. The van der Waals surface area contributed by atoms with Crippen molar-refractivity contribution in [3.63, 3.8) is 0 Å². The average Bonchev–Trinajstić information content (AvgIpc) is 3.36. The van der Waals surface area contributed by atoms with E-state index >= 15 is 0 Å². The molecule has 2 aliphatic rings. The highest BCUT2D eigenvalue weighted by atomic mass is 19.1. The van der Waals surface area contributed by atoms with Crippen LogP contribution < -0.4 is 15.4 Å². The number of hydrogen-bond acceptors (Lipinski definition) is 7. The molecular weight excluding hydrogens is 373 g/mol. The summed E-state index contributed by atoms with van der Waals surface area (Å²) in [4.78, 5) is 12.5. The Hall–Kier alpha value is -3.07. The molecule has 150 valence electrons. The number of piperidine rings is 1. The number of hydrogen-bond donors (Lipinski definition) is 2. The molecule has 0 radical (unpaired) electrons. The summed E-state index contributed by atoms with van der Waals surface area (Å²) >= 11 is 0. The van der Waals surface area contributed by atoms with Gasteiger partial charge in [-0.25, -0.2) is 24.0 Å². The van der Waals surface area contributed by atoms with E-state index in [1.807, 2.05) is 6.92 Å². The average molecular weight is 395 g/mol. The summed E-state index contributed by atoms with van der Waals surface area (Å²) in [7, 11) is 0. The minimum atomic E-state index is -0.409. The molecule has 0 amide bonds. The Balaban J connectivity index is 1.33. The Morgan fingerprint density at radius 3 is 2.72 bits per heavy atom. The van der Waals surface area contributed by atoms with Crippen LogP contribution in [0, 0.1) is 12.7 Å². The van der Waals surface area contributed by atoms with Crippen LogP contribution in [0.5, 0.6) is 5.88 Å². The van der Waals surface area contributed by atoms with Gasteiger partial charge in [-0.3, -0.25) is 0 Å². The minimum absolute atomic E-state index is 0.147. The number of benzene rings is 1. The van der Waals surface area contributed by atoms with Gasteiger partial charge in [0.15, 0.2) is 0 Å². The van der Waals surface area contributed by atoms with Crippen molar-refractivity contribution in [2.75, 3.05) is 5.32 Å². The second kappa shape index (κ2) is 7.40. The predicted molar refractivity (Wildman–Crippen MR) is 105 cm³/mol. The fourth-order valence-electron chi connectivity index (χ4n) is 4.15. The molecule has 8 nitrogen and oxygen atoms in total. The minimum Gasteiger partial charge on any atom is -0.474 e. The van der Waals surface area contributed by atoms with Crippen molar-refractivity contribution >= 4 is 11.5 Å². The van der Waals surface area contributed by atoms with Crippen LogP contribution in [0.1, 0.15) is 31.2 Å². The Morgan fingerprint density at radius 2 is 2.00 bits per heavy atom. The molecule has 5 rings (SSSR count). The summed E-state index contributed by atoms with van der Waals surface area (Å²) in [6, 6.07) is 5.89. The molecule has 2 aliphatic heterocycles. The number of aromatic nitrogens is 5. The van der Waals surface area contributed by atoms with E-state index in [-0.39, 0.29) is 6.10 Å². The van der Waals surface area contributed by atoms with Crippen LogP contribution >= 0.6 is 0 Å². The normalized spacial score (nSPS) is 23.2. The topological polar surface area (TPSA) is 89.8 Å². The van der Waals surface area contributed by atoms with Crippen LogP contribution in [-0.2, 0) is 0 Å². The van der Waals surface area contributed by atoms with Crippen molar-refractivity contribution in [2.24, 2.45) is 0 Å². The number of fused-ring (bicyclic) bond motifs is 2. The molecule has 2 atom stereocenters. The van der Waals surface area contributed by atoms with E-state index in [0.717, 1.165) is 18.4 Å². The van der Waals surface area contributed by atoms with Crippen molar-refractivity contribution < 1.29 is 9.13 Å². The molecule has 0 spiro atoms. The molecule has 2 N–H and O–H groups in total. The smallest absolute Gasteiger partial charge is 0.221 e. The lowest BCUT2D eigenvalue weighted by Crippen LogP contribution is -2.42. The van der Waals surface area contributed by atoms with Crippen molar-refractivity contribution in [3.8, 4) is 11.6 Å². The molecule has 2 bridgehead atoms. The number of anilines is 2. The first-order valence-electron chi connectivity index (χ1n) is 9.81. The van der Waals surface area contributed by atoms with Gasteiger partial charge in [-0.15, -0.1) is 0 Å². The zero-order valence-corrected chi connectivity index (χ0v) is 16.0. The van der Waals surface area contributed by atoms with Gasteiger partial charge in [0.2, 0.25) is 5.88 Å². The standard InChI is InChI=1S/C20H22FN7O/c1-12-19(27-18-5-4-15(8-17(18)21)28-11-22-9-25-28)23-10-24-20(12)29-16-6-13-2-3-14(7-16)26-13/h4-5,8-11,13-14,16,26H,2-3,6-7H2,1H3,(H,23,24,27). The number of nitrogens with zero attached hydrogens (tertiary/aromatic N) is 5. The molecule has 2 saturated heterocycles. The Labute approximate surface area is 167 Å². The highest BCUT2D eigenvalue weighted by Crippen LogP contribution is 2.32. The highest BCUT2D eigenvalue weighted by molar-refractivity contribution is 5.62. The molecule has 4 heterocycles. The number of nitrogens with one attached hydrogen (secondary N) is 2. The molecule has 9 heteroatoms. The monoisotopic (exact) mass is 395 g/mol. The van der Waals surface area contributed by atoms with Gasteiger partial charge in [-0.2, -0.15) is 5.10 Å². The Morgan fingerprint density at radius 1 is 1.17 bits per heavy atom. The first kappa shape index (κ1) is 18.0. The number of ether oxygens (including phenoxy) is 1. The molecule has 0 aliphatic carbocycles. The van der Waals surface area contributed by atoms with Gasteiger partial charge in [0, 0.05) is 18.2 Å². The maximum Gasteiger partial charge on any atom is 0.221 e. The van der Waals surface area contributed by atoms with Crippen LogP contribution in [-0.4, -0.2) is 42.9 Å². The van der Waals surface area contributed by atoms with Crippen molar-refractivity contribution in [1.82, 2.24) is 30.0 Å². The van der Waals surface area contributed by atoms with Crippen LogP contribution in [0.25, 0.3) is 5.69 Å². The van der Waals surface area contributed by atoms with Crippen LogP contribution in [0.3, 0.4) is 0 Å². The predicted octanol–water partition coefficient (Wildman–Crippen LogP) is 2.91. The second-order valence-corrected chi connectivity index (χ2v) is 7.63. The zero-order chi connectivity index (χ0) is 19.8. The van der Waals surface area contributed by atoms with E-state index in [1.165, 1.54) is 42.6 Å². The van der Waals surface area contributed by atoms with Gasteiger partial charge in [0.25, 0.3) is 0 Å². The first-order valence-corrected chi connectivity index (χ1v) is 9.81. The fourth-order valence-corrected chi connectivity index (χ4v) is 4.15. The van der Waals surface area contributed by atoms with Gasteiger partial charge < -0.3 is 15.4 Å². The quantitative estimate of drug-likeness (QED) is 0.686. The van der Waals surface area contributed by atoms with Crippen LogP contribution in [0.2, 0.25) is 0 Å². The van der Waals surface area contributed by atoms with E-state index in [0.29, 0.717) is 35.2 Å². The van der Waals surface area contributed by atoms with E-state index in [9.17, 15) is 4.39 Å². The summed E-state index contributed by atoms with van der Waals surface area (Å²) in [6.45, 7) is 1.88. The van der Waals surface area contributed by atoms with Crippen LogP contribution in [0.4, 0.5) is 15.9 Å². The SMILES string of the molecule is Cc1c(Nc2ccc(-n3cncn3)cc2F)ncnc1OC1CC2CCC(C1)N2. The summed E-state index contributed by atoms with van der Waals surface area (Å²) in [6.07, 6.45) is 8.92. The molecular formula is C20H22FN7O. The number of halogens is 1. The fraction of sp³-hybridized carbons (Fsp3) is 0.400. The van der Waals surface area contributed by atoms with E-state index in [4.69, 9.17) is 4.74 Å². The van der Waals surface area contributed by atoms with Crippen molar-refractivity contribution in [2.45, 2.75) is 50.8 Å². The summed E-state index contributed by atoms with van der Waals surface area (Å²) in [5.74, 6) is 0.668. The lowest BCUT2D eigenvalue weighted by Gasteiger charge is -2.29. The van der Waals surface area contributed by atoms with Gasteiger partial charge in [-0.1, -0.05) is 0 Å². The molecule has 3 aromatic rings. The van der Waals surface area contributed by atoms with Crippen molar-refractivity contribution in [1.29, 1.82) is 0 Å². The summed E-state index contributed by atoms with van der Waals surface area (Å²) < 4.78 is 22.3. The van der Waals surface area contributed by atoms with Gasteiger partial charge in [0.05, 0.1) is 16.9 Å². The molecule has 29 heavy (non-hydrogen) atoms. The molecule has 2 aromatic heterocycles. The second-order valence-electron chi connectivity index (χ2n) is 7.63. The lowest BCUT2D eigenvalue weighted by molar-refractivity contribution is 0.131. The Bertz CT molecular complexity index is 998. The maximum absolute atomic E-state index is 14.6. The molecule has 2 fully saturated rings. The van der Waals surface area contributed by atoms with E-state index in [1.54, 1.807) is 12.1 Å². The van der Waals surface area contributed by atoms with E-state index < -0.39 is 5.82 Å². The molecule has 2 unspecified atom stereocenters. The maximum atomic E-state index is 14.6.